The number of ether oxygens (including phenoxy) is 2. The molecule has 0 saturated carbocycles. The Kier molecular flexibility index (Phi) is 6.35. The molecule has 0 N–H and O–H groups in total. The Morgan fingerprint density at radius 3 is 2.10 bits per heavy atom. The average molecular weight is 496 g/mol. The maximum absolute atomic E-state index is 13.5. The van der Waals surface area contributed by atoms with Gasteiger partial charge < -0.3 is 9.47 Å². The van der Waals surface area contributed by atoms with Crippen LogP contribution in [0.2, 0.25) is 0 Å². The fourth-order valence-electron chi connectivity index (χ4n) is 3.44. The number of benzene rings is 2. The van der Waals surface area contributed by atoms with Gasteiger partial charge in [-0.25, -0.2) is 18.0 Å². The predicted octanol–water partition coefficient (Wildman–Crippen LogP) is 3.37. The van der Waals surface area contributed by atoms with Crippen LogP contribution in [0.4, 0.5) is 0 Å². The monoisotopic (exact) mass is 495 g/mol. The molecule has 1 heterocycles. The van der Waals surface area contributed by atoms with Gasteiger partial charge in [0.1, 0.15) is 0 Å². The van der Waals surface area contributed by atoms with E-state index in [0.29, 0.717) is 10.0 Å². The van der Waals surface area contributed by atoms with Crippen LogP contribution in [0, 0.1) is 6.92 Å². The van der Waals surface area contributed by atoms with Gasteiger partial charge in [-0.15, -0.1) is 0 Å². The summed E-state index contributed by atoms with van der Waals surface area (Å²) in [4.78, 5) is 26.0. The highest BCUT2D eigenvalue weighted by atomic mass is 79.9. The number of esters is 2. The van der Waals surface area contributed by atoms with Gasteiger partial charge in [0.15, 0.2) is 0 Å². The zero-order valence-corrected chi connectivity index (χ0v) is 19.2. The molecule has 0 aliphatic carbocycles. The number of sulfonamides is 1. The standard InChI is InChI=1S/C21H22BrNO6S/c1-4-28-19(24)21(20(25)29-5-2)18(15-7-6-8-16(22)13-15)23(21)30(26,27)17-11-9-14(3)10-12-17/h6-13,18H,4-5H2,1-3H3. The van der Waals surface area contributed by atoms with Crippen molar-refractivity contribution in [2.45, 2.75) is 37.2 Å². The molecule has 9 heteroatoms. The first-order chi connectivity index (χ1) is 14.2. The molecule has 7 nitrogen and oxygen atoms in total. The summed E-state index contributed by atoms with van der Waals surface area (Å²) in [7, 11) is -4.21. The van der Waals surface area contributed by atoms with Crippen LogP contribution in [0.5, 0.6) is 0 Å². The van der Waals surface area contributed by atoms with Crippen molar-refractivity contribution in [3.63, 3.8) is 0 Å². The quantitative estimate of drug-likeness (QED) is 0.332. The van der Waals surface area contributed by atoms with Crippen LogP contribution >= 0.6 is 15.9 Å². The lowest BCUT2D eigenvalue weighted by Crippen LogP contribution is -2.43. The Morgan fingerprint density at radius 1 is 1.03 bits per heavy atom. The largest absolute Gasteiger partial charge is 0.464 e. The molecule has 30 heavy (non-hydrogen) atoms. The van der Waals surface area contributed by atoms with Crippen LogP contribution < -0.4 is 0 Å². The molecule has 1 aliphatic heterocycles. The summed E-state index contributed by atoms with van der Waals surface area (Å²) < 4.78 is 38.9. The first kappa shape index (κ1) is 22.5. The molecular formula is C21H22BrNO6S. The van der Waals surface area contributed by atoms with E-state index in [0.717, 1.165) is 9.87 Å². The van der Waals surface area contributed by atoms with Crippen LogP contribution in [0.15, 0.2) is 57.9 Å². The van der Waals surface area contributed by atoms with E-state index in [2.05, 4.69) is 15.9 Å². The number of halogens is 1. The fraction of sp³-hybridized carbons (Fsp3) is 0.333. The molecule has 2 atom stereocenters. The molecular weight excluding hydrogens is 474 g/mol. The van der Waals surface area contributed by atoms with E-state index in [1.165, 1.54) is 12.1 Å². The lowest BCUT2D eigenvalue weighted by Gasteiger charge is -2.15. The van der Waals surface area contributed by atoms with Crippen molar-refractivity contribution in [1.82, 2.24) is 4.31 Å². The normalized spacial score (nSPS) is 19.7. The molecule has 1 fully saturated rings. The zero-order chi connectivity index (χ0) is 22.1. The summed E-state index contributed by atoms with van der Waals surface area (Å²) in [5.74, 6) is -1.91. The molecule has 1 aliphatic rings. The highest BCUT2D eigenvalue weighted by Gasteiger charge is 2.80. The smallest absolute Gasteiger partial charge is 0.341 e. The van der Waals surface area contributed by atoms with Crippen molar-refractivity contribution < 1.29 is 27.5 Å². The van der Waals surface area contributed by atoms with Gasteiger partial charge in [-0.05, 0) is 50.6 Å². The Morgan fingerprint density at radius 2 is 1.60 bits per heavy atom. The lowest BCUT2D eigenvalue weighted by molar-refractivity contribution is -0.160. The number of hydrogen-bond acceptors (Lipinski definition) is 6. The molecule has 0 spiro atoms. The molecule has 1 saturated heterocycles. The summed E-state index contributed by atoms with van der Waals surface area (Å²) in [6.45, 7) is 4.99. The number of hydrogen-bond donors (Lipinski definition) is 0. The van der Waals surface area contributed by atoms with E-state index in [1.54, 1.807) is 50.2 Å². The Bertz CT molecular complexity index is 1050. The molecule has 0 radical (unpaired) electrons. The van der Waals surface area contributed by atoms with Gasteiger partial charge in [0.05, 0.1) is 24.2 Å². The van der Waals surface area contributed by atoms with E-state index in [4.69, 9.17) is 9.47 Å². The van der Waals surface area contributed by atoms with Crippen LogP contribution in [-0.4, -0.2) is 43.4 Å². The summed E-state index contributed by atoms with van der Waals surface area (Å²) in [5, 5.41) is 0. The van der Waals surface area contributed by atoms with Crippen molar-refractivity contribution in [3.05, 3.63) is 64.1 Å². The maximum atomic E-state index is 13.5. The Balaban J connectivity index is 2.21. The Hall–Kier alpha value is -2.23. The molecule has 160 valence electrons. The summed E-state index contributed by atoms with van der Waals surface area (Å²) in [6, 6.07) is 11.9. The molecule has 0 amide bonds. The van der Waals surface area contributed by atoms with Gasteiger partial charge in [-0.3, -0.25) is 0 Å². The average Bonchev–Trinajstić information content (AvgIpc) is 3.41. The minimum Gasteiger partial charge on any atom is -0.464 e. The van der Waals surface area contributed by atoms with Gasteiger partial charge in [0.2, 0.25) is 10.0 Å². The fourth-order valence-corrected chi connectivity index (χ4v) is 5.70. The van der Waals surface area contributed by atoms with E-state index in [-0.39, 0.29) is 18.1 Å². The van der Waals surface area contributed by atoms with Crippen molar-refractivity contribution in [2.24, 2.45) is 0 Å². The zero-order valence-electron chi connectivity index (χ0n) is 16.8. The minimum absolute atomic E-state index is 0.0103. The van der Waals surface area contributed by atoms with Crippen molar-refractivity contribution in [3.8, 4) is 0 Å². The topological polar surface area (TPSA) is 89.8 Å². The second kappa shape index (κ2) is 8.49. The van der Waals surface area contributed by atoms with Gasteiger partial charge in [-0.1, -0.05) is 45.8 Å². The van der Waals surface area contributed by atoms with E-state index >= 15 is 0 Å². The van der Waals surface area contributed by atoms with Crippen LogP contribution in [-0.2, 0) is 29.1 Å². The summed E-state index contributed by atoms with van der Waals surface area (Å²) in [5.41, 5.74) is -0.761. The summed E-state index contributed by atoms with van der Waals surface area (Å²) >= 11 is 3.35. The molecule has 0 bridgehead atoms. The molecule has 2 unspecified atom stereocenters. The SMILES string of the molecule is CCOC(=O)C1(C(=O)OCC)C(c2cccc(Br)c2)N1S(=O)(=O)c1ccc(C)cc1. The number of rotatable bonds is 7. The van der Waals surface area contributed by atoms with Gasteiger partial charge in [-0.2, -0.15) is 4.31 Å². The number of nitrogens with zero attached hydrogens (tertiary/aromatic N) is 1. The highest BCUT2D eigenvalue weighted by molar-refractivity contribution is 9.10. The minimum atomic E-state index is -4.21. The maximum Gasteiger partial charge on any atom is 0.341 e. The van der Waals surface area contributed by atoms with Crippen LogP contribution in [0.1, 0.15) is 31.0 Å². The number of aryl methyl sites for hydroxylation is 1. The van der Waals surface area contributed by atoms with Gasteiger partial charge >= 0.3 is 11.9 Å². The Labute approximate surface area is 184 Å². The number of carbonyl (C=O) groups is 2. The second-order valence-electron chi connectivity index (χ2n) is 6.78. The van der Waals surface area contributed by atoms with Crippen molar-refractivity contribution in [2.75, 3.05) is 13.2 Å². The van der Waals surface area contributed by atoms with Crippen molar-refractivity contribution >= 4 is 37.9 Å². The molecule has 3 rings (SSSR count). The van der Waals surface area contributed by atoms with E-state index in [1.807, 2.05) is 6.92 Å². The molecule has 2 aromatic rings. The first-order valence-electron chi connectivity index (χ1n) is 9.42. The molecule has 0 aromatic heterocycles. The lowest BCUT2D eigenvalue weighted by atomic mass is 9.99. The first-order valence-corrected chi connectivity index (χ1v) is 11.7. The van der Waals surface area contributed by atoms with Gasteiger partial charge in [0, 0.05) is 4.47 Å². The second-order valence-corrected chi connectivity index (χ2v) is 9.51. The van der Waals surface area contributed by atoms with Crippen molar-refractivity contribution in [1.29, 1.82) is 0 Å². The third kappa shape index (κ3) is 3.66. The number of carbonyl (C=O) groups excluding carboxylic acids is 2. The highest BCUT2D eigenvalue weighted by Crippen LogP contribution is 2.58. The third-order valence-corrected chi connectivity index (χ3v) is 7.20. The predicted molar refractivity (Wildman–Crippen MR) is 113 cm³/mol. The van der Waals surface area contributed by atoms with Crippen LogP contribution in [0.3, 0.4) is 0 Å². The van der Waals surface area contributed by atoms with Crippen LogP contribution in [0.25, 0.3) is 0 Å². The summed E-state index contributed by atoms with van der Waals surface area (Å²) in [6.07, 6.45) is 0. The van der Waals surface area contributed by atoms with E-state index in [9.17, 15) is 18.0 Å². The molecule has 2 aromatic carbocycles. The third-order valence-electron chi connectivity index (χ3n) is 4.83. The van der Waals surface area contributed by atoms with Gasteiger partial charge in [0.25, 0.3) is 5.54 Å². The van der Waals surface area contributed by atoms with E-state index < -0.39 is 33.5 Å².